The molecule has 104 valence electrons. The average Bonchev–Trinajstić information content (AvgIpc) is 2.44. The van der Waals surface area contributed by atoms with E-state index in [2.05, 4.69) is 10.3 Å². The van der Waals surface area contributed by atoms with Crippen LogP contribution in [-0.4, -0.2) is 23.1 Å². The molecule has 0 aliphatic rings. The summed E-state index contributed by atoms with van der Waals surface area (Å²) in [5.41, 5.74) is 6.96. The van der Waals surface area contributed by atoms with Gasteiger partial charge in [0, 0.05) is 11.8 Å². The van der Waals surface area contributed by atoms with Gasteiger partial charge in [0.15, 0.2) is 0 Å². The second-order valence-electron chi connectivity index (χ2n) is 4.19. The van der Waals surface area contributed by atoms with Gasteiger partial charge in [-0.05, 0) is 24.3 Å². The Bertz CT molecular complexity index is 612. The van der Waals surface area contributed by atoms with Gasteiger partial charge in [-0.2, -0.15) is 0 Å². The third-order valence-corrected chi connectivity index (χ3v) is 2.67. The molecule has 0 aliphatic heterocycles. The monoisotopic (exact) mass is 273 g/mol. The number of pyridine rings is 1. The van der Waals surface area contributed by atoms with E-state index < -0.39 is 0 Å². The van der Waals surface area contributed by atoms with Crippen LogP contribution in [-0.2, 0) is 11.2 Å². The summed E-state index contributed by atoms with van der Waals surface area (Å²) in [6.07, 6.45) is 1.59. The number of nitrogens with zero attached hydrogens (tertiary/aromatic N) is 1. The van der Waals surface area contributed by atoms with E-state index in [-0.39, 0.29) is 18.1 Å². The zero-order valence-corrected chi connectivity index (χ0v) is 11.0. The van der Waals surface area contributed by atoms with Crippen molar-refractivity contribution in [2.45, 2.75) is 6.42 Å². The molecule has 4 N–H and O–H groups in total. The second-order valence-corrected chi connectivity index (χ2v) is 4.19. The van der Waals surface area contributed by atoms with Gasteiger partial charge in [0.05, 0.1) is 31.1 Å². The van der Waals surface area contributed by atoms with Gasteiger partial charge < -0.3 is 20.9 Å². The number of aromatic hydroxyl groups is 1. The van der Waals surface area contributed by atoms with Crippen LogP contribution in [0.2, 0.25) is 0 Å². The minimum Gasteiger partial charge on any atom is -0.506 e. The maximum atomic E-state index is 11.9. The summed E-state index contributed by atoms with van der Waals surface area (Å²) in [5.74, 6) is 0.235. The number of nitrogen functional groups attached to an aromatic ring is 1. The highest BCUT2D eigenvalue weighted by Crippen LogP contribution is 2.27. The fourth-order valence-electron chi connectivity index (χ4n) is 1.64. The molecule has 6 nitrogen and oxygen atoms in total. The van der Waals surface area contributed by atoms with E-state index in [1.165, 1.54) is 19.4 Å². The summed E-state index contributed by atoms with van der Waals surface area (Å²) < 4.78 is 5.03. The van der Waals surface area contributed by atoms with Gasteiger partial charge in [-0.25, -0.2) is 0 Å². The highest BCUT2D eigenvalue weighted by atomic mass is 16.5. The van der Waals surface area contributed by atoms with Gasteiger partial charge in [0.1, 0.15) is 11.5 Å². The van der Waals surface area contributed by atoms with E-state index in [4.69, 9.17) is 10.5 Å². The van der Waals surface area contributed by atoms with Crippen LogP contribution >= 0.6 is 0 Å². The summed E-state index contributed by atoms with van der Waals surface area (Å²) in [4.78, 5) is 15.9. The van der Waals surface area contributed by atoms with E-state index in [0.29, 0.717) is 22.8 Å². The first-order valence-corrected chi connectivity index (χ1v) is 5.96. The van der Waals surface area contributed by atoms with Crippen molar-refractivity contribution in [1.82, 2.24) is 4.98 Å². The summed E-state index contributed by atoms with van der Waals surface area (Å²) in [6, 6.07) is 7.96. The van der Waals surface area contributed by atoms with Crippen LogP contribution in [0.25, 0.3) is 0 Å². The Labute approximate surface area is 116 Å². The second kappa shape index (κ2) is 5.92. The molecule has 2 rings (SSSR count). The number of amides is 1. The highest BCUT2D eigenvalue weighted by Gasteiger charge is 2.09. The summed E-state index contributed by atoms with van der Waals surface area (Å²) in [6.45, 7) is 0. The number of carbonyl (C=O) groups is 1. The third kappa shape index (κ3) is 3.38. The van der Waals surface area contributed by atoms with E-state index in [9.17, 15) is 9.90 Å². The molecule has 1 amide bonds. The first-order valence-electron chi connectivity index (χ1n) is 5.96. The minimum absolute atomic E-state index is 0.0237. The molecule has 1 aromatic heterocycles. The molecule has 2 aromatic rings. The van der Waals surface area contributed by atoms with Crippen LogP contribution in [0.3, 0.4) is 0 Å². The number of anilines is 2. The normalized spacial score (nSPS) is 10.1. The van der Waals surface area contributed by atoms with Gasteiger partial charge in [0.2, 0.25) is 5.91 Å². The molecule has 0 bridgehead atoms. The molecule has 0 radical (unpaired) electrons. The van der Waals surface area contributed by atoms with Crippen LogP contribution < -0.4 is 15.8 Å². The average molecular weight is 273 g/mol. The maximum absolute atomic E-state index is 11.9. The summed E-state index contributed by atoms with van der Waals surface area (Å²) in [7, 11) is 1.51. The van der Waals surface area contributed by atoms with Crippen molar-refractivity contribution in [2.24, 2.45) is 0 Å². The smallest absolute Gasteiger partial charge is 0.230 e. The Morgan fingerprint density at radius 1 is 1.40 bits per heavy atom. The summed E-state index contributed by atoms with van der Waals surface area (Å²) in [5, 5.41) is 12.3. The first-order chi connectivity index (χ1) is 9.58. The number of phenolic OH excluding ortho intramolecular Hbond substituents is 1. The number of benzene rings is 1. The predicted octanol–water partition coefficient (Wildman–Crippen LogP) is 1.56. The third-order valence-electron chi connectivity index (χ3n) is 2.67. The Morgan fingerprint density at radius 2 is 2.20 bits per heavy atom. The lowest BCUT2D eigenvalue weighted by Crippen LogP contribution is -2.15. The topological polar surface area (TPSA) is 97.5 Å². The molecule has 1 heterocycles. The largest absolute Gasteiger partial charge is 0.506 e. The van der Waals surface area contributed by atoms with Crippen LogP contribution in [0, 0.1) is 0 Å². The number of nitrogens with two attached hydrogens (primary N) is 1. The Morgan fingerprint density at radius 3 is 2.85 bits per heavy atom. The molecule has 1 aromatic carbocycles. The lowest BCUT2D eigenvalue weighted by molar-refractivity contribution is -0.115. The number of ether oxygens (including phenoxy) is 1. The first kappa shape index (κ1) is 13.7. The number of hydrogen-bond donors (Lipinski definition) is 3. The fraction of sp³-hybridized carbons (Fsp3) is 0.143. The van der Waals surface area contributed by atoms with E-state index in [1.807, 2.05) is 0 Å². The molecule has 0 unspecified atom stereocenters. The van der Waals surface area contributed by atoms with Gasteiger partial charge in [0.25, 0.3) is 0 Å². The SMILES string of the molecule is COc1ccc(O)c(NC(=O)Cc2ccc(N)cn2)c1. The standard InChI is InChI=1S/C14H15N3O3/c1-20-11-4-5-13(18)12(7-11)17-14(19)6-10-3-2-9(15)8-16-10/h2-5,7-8,18H,6,15H2,1H3,(H,17,19). The molecule has 0 saturated carbocycles. The molecule has 0 atom stereocenters. The number of phenols is 1. The number of carbonyl (C=O) groups excluding carboxylic acids is 1. The van der Waals surface area contributed by atoms with E-state index >= 15 is 0 Å². The maximum Gasteiger partial charge on any atom is 0.230 e. The van der Waals surface area contributed by atoms with Crippen molar-refractivity contribution in [3.05, 3.63) is 42.2 Å². The molecule has 0 saturated heterocycles. The van der Waals surface area contributed by atoms with Crippen LogP contribution in [0.4, 0.5) is 11.4 Å². The van der Waals surface area contributed by atoms with Gasteiger partial charge in [-0.15, -0.1) is 0 Å². The molecule has 0 aliphatic carbocycles. The van der Waals surface area contributed by atoms with E-state index in [1.54, 1.807) is 24.3 Å². The van der Waals surface area contributed by atoms with Gasteiger partial charge in [-0.1, -0.05) is 0 Å². The molecule has 0 fully saturated rings. The molecule has 0 spiro atoms. The molecule has 6 heteroatoms. The van der Waals surface area contributed by atoms with Crippen molar-refractivity contribution >= 4 is 17.3 Å². The van der Waals surface area contributed by atoms with Gasteiger partial charge >= 0.3 is 0 Å². The summed E-state index contributed by atoms with van der Waals surface area (Å²) >= 11 is 0. The number of aromatic nitrogens is 1. The molecule has 20 heavy (non-hydrogen) atoms. The van der Waals surface area contributed by atoms with Crippen LogP contribution in [0.5, 0.6) is 11.5 Å². The Hall–Kier alpha value is -2.76. The van der Waals surface area contributed by atoms with Crippen LogP contribution in [0.15, 0.2) is 36.5 Å². The zero-order chi connectivity index (χ0) is 14.5. The van der Waals surface area contributed by atoms with Gasteiger partial charge in [-0.3, -0.25) is 9.78 Å². The minimum atomic E-state index is -0.286. The van der Waals surface area contributed by atoms with Crippen molar-refractivity contribution in [1.29, 1.82) is 0 Å². The van der Waals surface area contributed by atoms with Crippen molar-refractivity contribution in [3.8, 4) is 11.5 Å². The predicted molar refractivity (Wildman–Crippen MR) is 75.6 cm³/mol. The van der Waals surface area contributed by atoms with Crippen molar-refractivity contribution < 1.29 is 14.6 Å². The van der Waals surface area contributed by atoms with Crippen molar-refractivity contribution in [2.75, 3.05) is 18.2 Å². The fourth-order valence-corrected chi connectivity index (χ4v) is 1.64. The lowest BCUT2D eigenvalue weighted by atomic mass is 10.2. The molecular formula is C14H15N3O3. The molecular weight excluding hydrogens is 258 g/mol. The zero-order valence-electron chi connectivity index (χ0n) is 11.0. The van der Waals surface area contributed by atoms with Crippen molar-refractivity contribution in [3.63, 3.8) is 0 Å². The lowest BCUT2D eigenvalue weighted by Gasteiger charge is -2.09. The number of nitrogens with one attached hydrogen (secondary N) is 1. The number of hydrogen-bond acceptors (Lipinski definition) is 5. The highest BCUT2D eigenvalue weighted by molar-refractivity contribution is 5.93. The number of rotatable bonds is 4. The van der Waals surface area contributed by atoms with Crippen LogP contribution in [0.1, 0.15) is 5.69 Å². The quantitative estimate of drug-likeness (QED) is 0.734. The Kier molecular flexibility index (Phi) is 4.05. The Balaban J connectivity index is 2.06. The van der Waals surface area contributed by atoms with E-state index in [0.717, 1.165) is 0 Å². The number of methoxy groups -OCH3 is 1.